The number of fused-ring (bicyclic) bond motifs is 3. The Morgan fingerprint density at radius 1 is 1.15 bits per heavy atom. The number of amides is 1. The lowest BCUT2D eigenvalue weighted by Gasteiger charge is -2.48. The summed E-state index contributed by atoms with van der Waals surface area (Å²) in [5.41, 5.74) is 2.67. The summed E-state index contributed by atoms with van der Waals surface area (Å²) in [6, 6.07) is 16.8. The summed E-state index contributed by atoms with van der Waals surface area (Å²) in [4.78, 5) is 15.8. The molecule has 7 nitrogen and oxygen atoms in total. The Hall–Kier alpha value is -3.16. The van der Waals surface area contributed by atoms with Crippen molar-refractivity contribution in [2.24, 2.45) is 0 Å². The van der Waals surface area contributed by atoms with Crippen molar-refractivity contribution in [3.05, 3.63) is 65.9 Å². The molecule has 172 valence electrons. The lowest BCUT2D eigenvalue weighted by atomic mass is 9.89. The minimum absolute atomic E-state index is 0.106. The molecule has 2 saturated heterocycles. The zero-order valence-corrected chi connectivity index (χ0v) is 19.1. The first kappa shape index (κ1) is 21.7. The summed E-state index contributed by atoms with van der Waals surface area (Å²) >= 11 is 0. The van der Waals surface area contributed by atoms with Crippen LogP contribution in [0.5, 0.6) is 5.75 Å². The minimum atomic E-state index is -0.109. The fourth-order valence-corrected chi connectivity index (χ4v) is 5.07. The normalized spacial score (nSPS) is 23.2. The van der Waals surface area contributed by atoms with Gasteiger partial charge < -0.3 is 14.8 Å². The average Bonchev–Trinajstić information content (AvgIpc) is 3.19. The monoisotopic (exact) mass is 446 g/mol. The summed E-state index contributed by atoms with van der Waals surface area (Å²) in [7, 11) is 1.68. The minimum Gasteiger partial charge on any atom is -0.497 e. The summed E-state index contributed by atoms with van der Waals surface area (Å²) in [5, 5.41) is 8.72. The summed E-state index contributed by atoms with van der Waals surface area (Å²) in [6.07, 6.45) is 5.52. The Bertz CT molecular complexity index is 1140. The third-order valence-electron chi connectivity index (χ3n) is 6.65. The molecule has 3 heterocycles. The predicted octanol–water partition coefficient (Wildman–Crippen LogP) is 3.70. The molecule has 2 aliphatic heterocycles. The van der Waals surface area contributed by atoms with Gasteiger partial charge in [0, 0.05) is 36.3 Å². The number of rotatable bonds is 6. The molecule has 33 heavy (non-hydrogen) atoms. The second kappa shape index (κ2) is 9.37. The molecule has 7 heteroatoms. The van der Waals surface area contributed by atoms with Gasteiger partial charge in [0.1, 0.15) is 5.75 Å². The zero-order chi connectivity index (χ0) is 22.8. The van der Waals surface area contributed by atoms with Crippen LogP contribution in [0.4, 0.5) is 0 Å². The number of hydrogen-bond acceptors (Lipinski definition) is 5. The Balaban J connectivity index is 1.29. The molecule has 3 atom stereocenters. The predicted molar refractivity (Wildman–Crippen MR) is 128 cm³/mol. The van der Waals surface area contributed by atoms with E-state index in [9.17, 15) is 4.79 Å². The molecule has 2 bridgehead atoms. The highest BCUT2D eigenvalue weighted by Crippen LogP contribution is 2.30. The average molecular weight is 447 g/mol. The molecule has 3 aromatic rings. The van der Waals surface area contributed by atoms with Gasteiger partial charge in [-0.25, -0.2) is 4.68 Å². The van der Waals surface area contributed by atoms with Gasteiger partial charge in [-0.1, -0.05) is 36.4 Å². The maximum absolute atomic E-state index is 13.2. The van der Waals surface area contributed by atoms with Gasteiger partial charge >= 0.3 is 0 Å². The van der Waals surface area contributed by atoms with Crippen molar-refractivity contribution in [3.8, 4) is 5.75 Å². The van der Waals surface area contributed by atoms with E-state index in [0.29, 0.717) is 18.9 Å². The number of nitrogens with zero attached hydrogens (tertiary/aromatic N) is 3. The maximum Gasteiger partial charge on any atom is 0.272 e. The zero-order valence-electron chi connectivity index (χ0n) is 19.1. The van der Waals surface area contributed by atoms with Gasteiger partial charge in [-0.3, -0.25) is 9.69 Å². The van der Waals surface area contributed by atoms with Gasteiger partial charge in [-0.15, -0.1) is 0 Å². The number of nitrogens with one attached hydrogen (secondary N) is 1. The van der Waals surface area contributed by atoms with Crippen LogP contribution in [0.1, 0.15) is 35.8 Å². The van der Waals surface area contributed by atoms with Crippen molar-refractivity contribution < 1.29 is 14.3 Å². The first-order chi connectivity index (χ1) is 16.2. The van der Waals surface area contributed by atoms with Gasteiger partial charge in [0.2, 0.25) is 0 Å². The lowest BCUT2D eigenvalue weighted by molar-refractivity contribution is -0.0843. The van der Waals surface area contributed by atoms with E-state index in [0.717, 1.165) is 36.0 Å². The Morgan fingerprint density at radius 2 is 1.88 bits per heavy atom. The molecular formula is C26H30N4O3. The van der Waals surface area contributed by atoms with Crippen molar-refractivity contribution in [2.45, 2.75) is 44.4 Å². The van der Waals surface area contributed by atoms with E-state index < -0.39 is 0 Å². The van der Waals surface area contributed by atoms with Crippen LogP contribution in [-0.2, 0) is 11.3 Å². The number of allylic oxidation sites excluding steroid dienone is 1. The van der Waals surface area contributed by atoms with Crippen molar-refractivity contribution in [1.29, 1.82) is 0 Å². The van der Waals surface area contributed by atoms with Gasteiger partial charge in [0.15, 0.2) is 5.69 Å². The van der Waals surface area contributed by atoms with Crippen LogP contribution < -0.4 is 10.1 Å². The Kier molecular flexibility index (Phi) is 6.15. The molecule has 0 radical (unpaired) electrons. The third-order valence-corrected chi connectivity index (χ3v) is 6.65. The van der Waals surface area contributed by atoms with E-state index in [-0.39, 0.29) is 24.0 Å². The van der Waals surface area contributed by atoms with Crippen LogP contribution in [0.2, 0.25) is 0 Å². The maximum atomic E-state index is 13.2. The molecule has 2 aromatic carbocycles. The van der Waals surface area contributed by atoms with Gasteiger partial charge in [-0.2, -0.15) is 5.10 Å². The smallest absolute Gasteiger partial charge is 0.272 e. The lowest BCUT2D eigenvalue weighted by Crippen LogP contribution is -2.60. The van der Waals surface area contributed by atoms with E-state index in [1.54, 1.807) is 11.8 Å². The van der Waals surface area contributed by atoms with Crippen LogP contribution in [0.3, 0.4) is 0 Å². The Morgan fingerprint density at radius 3 is 2.58 bits per heavy atom. The summed E-state index contributed by atoms with van der Waals surface area (Å²) in [6.45, 7) is 4.20. The third kappa shape index (κ3) is 4.38. The topological polar surface area (TPSA) is 68.6 Å². The van der Waals surface area contributed by atoms with Crippen LogP contribution in [-0.4, -0.2) is 59.0 Å². The number of para-hydroxylation sites is 1. The van der Waals surface area contributed by atoms with Gasteiger partial charge in [0.05, 0.1) is 25.8 Å². The first-order valence-electron chi connectivity index (χ1n) is 11.5. The van der Waals surface area contributed by atoms with E-state index in [4.69, 9.17) is 9.47 Å². The van der Waals surface area contributed by atoms with E-state index in [1.807, 2.05) is 55.6 Å². The molecule has 1 N–H and O–H groups in total. The molecule has 1 aromatic heterocycles. The highest BCUT2D eigenvalue weighted by Gasteiger charge is 2.39. The SMILES string of the molecule is C/C=C\n1nc(C(=O)N[C@H]2C[C@H]3COC[C@@H](C2)N3Cc2ccc(OC)cc2)c2ccccc21. The molecule has 2 fully saturated rings. The van der Waals surface area contributed by atoms with Crippen LogP contribution in [0.15, 0.2) is 54.6 Å². The van der Waals surface area contributed by atoms with Crippen molar-refractivity contribution in [1.82, 2.24) is 20.0 Å². The highest BCUT2D eigenvalue weighted by molar-refractivity contribution is 6.05. The van der Waals surface area contributed by atoms with Crippen molar-refractivity contribution in [2.75, 3.05) is 20.3 Å². The van der Waals surface area contributed by atoms with Gasteiger partial charge in [-0.05, 0) is 43.5 Å². The van der Waals surface area contributed by atoms with E-state index in [1.165, 1.54) is 5.56 Å². The number of carbonyl (C=O) groups excluding carboxylic acids is 1. The van der Waals surface area contributed by atoms with Crippen molar-refractivity contribution >= 4 is 23.0 Å². The molecule has 0 unspecified atom stereocenters. The number of benzene rings is 2. The summed E-state index contributed by atoms with van der Waals surface area (Å²) in [5.74, 6) is 0.759. The highest BCUT2D eigenvalue weighted by atomic mass is 16.5. The van der Waals surface area contributed by atoms with E-state index >= 15 is 0 Å². The number of methoxy groups -OCH3 is 1. The fraction of sp³-hybridized carbons (Fsp3) is 0.385. The number of carbonyl (C=O) groups is 1. The van der Waals surface area contributed by atoms with Crippen LogP contribution in [0, 0.1) is 0 Å². The molecule has 0 aliphatic carbocycles. The van der Waals surface area contributed by atoms with Crippen LogP contribution in [0.25, 0.3) is 17.1 Å². The first-order valence-corrected chi connectivity index (χ1v) is 11.5. The number of hydrogen-bond donors (Lipinski definition) is 1. The number of morpholine rings is 1. The number of aromatic nitrogens is 2. The summed E-state index contributed by atoms with van der Waals surface area (Å²) < 4.78 is 12.9. The molecule has 0 spiro atoms. The molecule has 2 aliphatic rings. The second-order valence-electron chi connectivity index (χ2n) is 8.80. The van der Waals surface area contributed by atoms with E-state index in [2.05, 4.69) is 27.4 Å². The molecule has 5 rings (SSSR count). The number of ether oxygens (including phenoxy) is 2. The molecular weight excluding hydrogens is 416 g/mol. The second-order valence-corrected chi connectivity index (χ2v) is 8.80. The quantitative estimate of drug-likeness (QED) is 0.625. The largest absolute Gasteiger partial charge is 0.497 e. The fourth-order valence-electron chi connectivity index (χ4n) is 5.07. The molecule has 1 amide bonds. The van der Waals surface area contributed by atoms with Crippen molar-refractivity contribution in [3.63, 3.8) is 0 Å². The van der Waals surface area contributed by atoms with Crippen LogP contribution >= 0.6 is 0 Å². The Labute approximate surface area is 194 Å². The molecule has 0 saturated carbocycles. The number of piperidine rings is 1. The van der Waals surface area contributed by atoms with Gasteiger partial charge in [0.25, 0.3) is 5.91 Å². The standard InChI is InChI=1S/C26H30N4O3/c1-3-12-30-24-7-5-4-6-23(24)25(28-30)26(31)27-19-13-20-16-33-17-21(14-19)29(20)15-18-8-10-22(32-2)11-9-18/h3-12,19-21H,13-17H2,1-2H3,(H,27,31)/b12-3-/t19-,20-,21+.